The molecule has 1 aliphatic heterocycles. The number of aliphatic carboxylic acids is 1. The summed E-state index contributed by atoms with van der Waals surface area (Å²) in [4.78, 5) is 15.8. The van der Waals surface area contributed by atoms with E-state index in [1.807, 2.05) is 18.3 Å². The average molecular weight is 227 g/mol. The second kappa shape index (κ2) is 4.23. The molecule has 0 spiro atoms. The minimum atomic E-state index is -0.920. The monoisotopic (exact) mass is 227 g/mol. The second-order valence-electron chi connectivity index (χ2n) is 3.00. The van der Waals surface area contributed by atoms with E-state index in [9.17, 15) is 9.90 Å². The van der Waals surface area contributed by atoms with E-state index >= 15 is 0 Å². The highest BCUT2D eigenvalue weighted by Gasteiger charge is 2.37. The van der Waals surface area contributed by atoms with Gasteiger partial charge in [-0.2, -0.15) is 0 Å². The zero-order valence-electron chi connectivity index (χ0n) is 7.38. The van der Waals surface area contributed by atoms with Crippen LogP contribution in [0.2, 0.25) is 0 Å². The summed E-state index contributed by atoms with van der Waals surface area (Å²) < 4.78 is 0. The van der Waals surface area contributed by atoms with E-state index in [4.69, 9.17) is 0 Å². The lowest BCUT2D eigenvalue weighted by Gasteiger charge is -2.04. The molecule has 1 fully saturated rings. The molecular weight excluding hydrogens is 218 g/mol. The smallest absolute Gasteiger partial charge is 0.186 e. The number of carbonyl (C=O) groups is 1. The van der Waals surface area contributed by atoms with E-state index in [1.54, 1.807) is 17.0 Å². The maximum absolute atomic E-state index is 10.6. The minimum absolute atomic E-state index is 0.00799. The Morgan fingerprint density at radius 1 is 1.71 bits per heavy atom. The summed E-state index contributed by atoms with van der Waals surface area (Å²) in [5, 5.41) is 10.6. The Bertz CT molecular complexity index is 331. The van der Waals surface area contributed by atoms with Gasteiger partial charge >= 0.3 is 0 Å². The lowest BCUT2D eigenvalue weighted by atomic mass is 10.2. The van der Waals surface area contributed by atoms with Crippen molar-refractivity contribution >= 4 is 26.7 Å². The largest absolute Gasteiger partial charge is 0.550 e. The Kier molecular flexibility index (Phi) is 2.98. The van der Waals surface area contributed by atoms with Crippen LogP contribution < -0.4 is 5.11 Å². The van der Waals surface area contributed by atoms with Crippen molar-refractivity contribution < 1.29 is 9.90 Å². The molecule has 74 valence electrons. The number of pyridine rings is 1. The zero-order chi connectivity index (χ0) is 9.97. The van der Waals surface area contributed by atoms with Crippen molar-refractivity contribution in [3.8, 4) is 0 Å². The van der Waals surface area contributed by atoms with Crippen LogP contribution in [0, 0.1) is 5.92 Å². The first-order valence-electron chi connectivity index (χ1n) is 4.22. The number of aromatic nitrogens is 1. The molecule has 1 aliphatic rings. The molecule has 1 aromatic rings. The van der Waals surface area contributed by atoms with Gasteiger partial charge in [-0.05, 0) is 12.1 Å². The van der Waals surface area contributed by atoms with E-state index < -0.39 is 5.97 Å². The molecule has 2 rings (SSSR count). The second-order valence-corrected chi connectivity index (χ2v) is 6.98. The third-order valence-corrected chi connectivity index (χ3v) is 6.54. The molecule has 5 heteroatoms. The van der Waals surface area contributed by atoms with Gasteiger partial charge in [0.25, 0.3) is 0 Å². The van der Waals surface area contributed by atoms with Crippen LogP contribution in [-0.4, -0.2) is 22.5 Å². The van der Waals surface area contributed by atoms with Gasteiger partial charge in [-0.1, -0.05) is 0 Å². The number of carbonyl (C=O) groups excluding carboxylic acids is 1. The van der Waals surface area contributed by atoms with Gasteiger partial charge in [0.2, 0.25) is 0 Å². The van der Waals surface area contributed by atoms with Crippen LogP contribution >= 0.6 is 10.8 Å². The zero-order valence-corrected chi connectivity index (χ0v) is 9.01. The predicted molar refractivity (Wildman–Crippen MR) is 55.7 cm³/mol. The van der Waals surface area contributed by atoms with Gasteiger partial charge in [-0.25, -0.2) is 0 Å². The van der Waals surface area contributed by atoms with Crippen LogP contribution in [0.25, 0.3) is 0 Å². The van der Waals surface area contributed by atoms with Crippen molar-refractivity contribution in [2.24, 2.45) is 5.92 Å². The van der Waals surface area contributed by atoms with Gasteiger partial charge in [0.15, 0.2) is 4.90 Å². The summed E-state index contributed by atoms with van der Waals surface area (Å²) in [7, 11) is 1.69. The van der Waals surface area contributed by atoms with Crippen LogP contribution in [0.5, 0.6) is 0 Å². The Labute approximate surface area is 88.7 Å². The predicted octanol–water partition coefficient (Wildman–Crippen LogP) is 0.0867. The van der Waals surface area contributed by atoms with Crippen molar-refractivity contribution in [3.63, 3.8) is 0 Å². The summed E-state index contributed by atoms with van der Waals surface area (Å²) in [5.74, 6) is 0.152. The Morgan fingerprint density at radius 2 is 2.57 bits per heavy atom. The number of hydrogen-bond donors (Lipinski definition) is 0. The van der Waals surface area contributed by atoms with E-state index in [-0.39, 0.29) is 15.8 Å². The van der Waals surface area contributed by atoms with Gasteiger partial charge in [0.1, 0.15) is 5.75 Å². The van der Waals surface area contributed by atoms with Gasteiger partial charge in [0, 0.05) is 6.20 Å². The molecule has 3 nitrogen and oxygen atoms in total. The third-order valence-electron chi connectivity index (χ3n) is 1.99. The minimum Gasteiger partial charge on any atom is -0.550 e. The molecule has 0 amide bonds. The molecule has 0 aliphatic carbocycles. The van der Waals surface area contributed by atoms with Crippen molar-refractivity contribution in [1.82, 2.24) is 4.98 Å². The highest BCUT2D eigenvalue weighted by molar-refractivity contribution is 8.74. The fraction of sp³-hybridized carbons (Fsp3) is 0.333. The number of carboxylic acid groups (broad SMARTS) is 1. The van der Waals surface area contributed by atoms with Crippen molar-refractivity contribution in [1.29, 1.82) is 0 Å². The van der Waals surface area contributed by atoms with Crippen LogP contribution in [0.15, 0.2) is 29.4 Å². The van der Waals surface area contributed by atoms with Crippen molar-refractivity contribution in [2.75, 3.05) is 11.5 Å². The summed E-state index contributed by atoms with van der Waals surface area (Å²) in [6.07, 6.45) is 3.54. The lowest BCUT2D eigenvalue weighted by molar-refractivity contribution is -0.309. The van der Waals surface area contributed by atoms with Gasteiger partial charge in [-0.15, -0.1) is 0 Å². The number of hydrogen-bond acceptors (Lipinski definition) is 4. The highest BCUT2D eigenvalue weighted by Crippen LogP contribution is 2.35. The molecule has 2 atom stereocenters. The normalized spacial score (nSPS) is 26.3. The van der Waals surface area contributed by atoms with Gasteiger partial charge in [-0.3, -0.25) is 4.98 Å². The summed E-state index contributed by atoms with van der Waals surface area (Å²) in [5.41, 5.74) is 0. The molecule has 0 saturated carbocycles. The Hall–Kier alpha value is -0.680. The van der Waals surface area contributed by atoms with Crippen LogP contribution in [0.1, 0.15) is 0 Å². The first kappa shape index (κ1) is 9.86. The number of carboxylic acids is 1. The maximum Gasteiger partial charge on any atom is 0.186 e. The van der Waals surface area contributed by atoms with Crippen LogP contribution in [-0.2, 0) is 14.7 Å². The van der Waals surface area contributed by atoms with Crippen molar-refractivity contribution in [2.45, 2.75) is 4.90 Å². The molecule has 2 heterocycles. The quantitative estimate of drug-likeness (QED) is 0.530. The van der Waals surface area contributed by atoms with Gasteiger partial charge < -0.3 is 9.90 Å². The molecule has 0 N–H and O–H groups in total. The molecule has 1 saturated heterocycles. The fourth-order valence-electron chi connectivity index (χ4n) is 1.23. The third kappa shape index (κ3) is 2.04. The molecule has 0 aromatic carbocycles. The molecular formula is C9H9NO2S2. The summed E-state index contributed by atoms with van der Waals surface area (Å²) in [6, 6.07) is 3.88. The summed E-state index contributed by atoms with van der Waals surface area (Å²) >= 11 is 0. The highest BCUT2D eigenvalue weighted by atomic mass is 33.1. The fourth-order valence-corrected chi connectivity index (χ4v) is 5.88. The SMILES string of the molecule is O=C([O-])C1CS[S+](c2cccnc2)C1. The van der Waals surface area contributed by atoms with Crippen LogP contribution in [0.3, 0.4) is 0 Å². The molecule has 2 unspecified atom stereocenters. The van der Waals surface area contributed by atoms with E-state index in [1.165, 1.54) is 0 Å². The number of rotatable bonds is 2. The average Bonchev–Trinajstić information content (AvgIpc) is 2.68. The first-order chi connectivity index (χ1) is 6.77. The Morgan fingerprint density at radius 3 is 3.14 bits per heavy atom. The standard InChI is InChI=1S/C9H9NO2S2/c11-9(12)7-5-13-14(6-7)8-2-1-3-10-4-8/h1-4,7H,5-6H2. The van der Waals surface area contributed by atoms with E-state index in [0.29, 0.717) is 11.5 Å². The van der Waals surface area contributed by atoms with Gasteiger partial charge in [0.05, 0.1) is 44.6 Å². The van der Waals surface area contributed by atoms with E-state index in [0.717, 1.165) is 4.90 Å². The number of nitrogens with zero attached hydrogens (tertiary/aromatic N) is 1. The molecule has 1 aromatic heterocycles. The molecule has 0 bridgehead atoms. The van der Waals surface area contributed by atoms with E-state index in [2.05, 4.69) is 4.98 Å². The molecule has 14 heavy (non-hydrogen) atoms. The first-order valence-corrected chi connectivity index (χ1v) is 7.12. The molecule has 0 radical (unpaired) electrons. The Balaban J connectivity index is 2.06. The lowest BCUT2D eigenvalue weighted by Crippen LogP contribution is -2.33. The maximum atomic E-state index is 10.6. The van der Waals surface area contributed by atoms with Crippen molar-refractivity contribution in [3.05, 3.63) is 24.5 Å². The van der Waals surface area contributed by atoms with Crippen LogP contribution in [0.4, 0.5) is 0 Å². The topological polar surface area (TPSA) is 53.0 Å². The summed E-state index contributed by atoms with van der Waals surface area (Å²) in [6.45, 7) is 0.